The van der Waals surface area contributed by atoms with Crippen molar-refractivity contribution in [3.8, 4) is 0 Å². The number of hydrogen-bond donors (Lipinski definition) is 2. The van der Waals surface area contributed by atoms with Gasteiger partial charge in [-0.1, -0.05) is 6.08 Å². The van der Waals surface area contributed by atoms with Crippen LogP contribution in [-0.4, -0.2) is 43.1 Å². The molecule has 84 valence electrons. The van der Waals surface area contributed by atoms with E-state index in [1.165, 1.54) is 0 Å². The average Bonchev–Trinajstić information content (AvgIpc) is 2.12. The molecule has 0 saturated heterocycles. The van der Waals surface area contributed by atoms with Crippen LogP contribution in [0.4, 0.5) is 0 Å². The Balaban J connectivity index is 2.86. The Morgan fingerprint density at radius 3 is 2.73 bits per heavy atom. The van der Waals surface area contributed by atoms with Crippen LogP contribution in [0.25, 0.3) is 0 Å². The first-order chi connectivity index (χ1) is 6.94. The second kappa shape index (κ2) is 4.33. The zero-order chi connectivity index (χ0) is 11.5. The minimum atomic E-state index is -0.329. The largest absolute Gasteiger partial charge is 0.349 e. The Morgan fingerprint density at radius 1 is 1.53 bits per heavy atom. The molecule has 0 fully saturated rings. The second-order valence-corrected chi connectivity index (χ2v) is 4.12. The van der Waals surface area contributed by atoms with Crippen molar-refractivity contribution in [2.24, 2.45) is 9.98 Å². The van der Waals surface area contributed by atoms with Crippen LogP contribution in [0.3, 0.4) is 0 Å². The third-order valence-electron chi connectivity index (χ3n) is 1.84. The molecule has 0 radical (unpaired) electrons. The van der Waals surface area contributed by atoms with Gasteiger partial charge in [0.2, 0.25) is 5.96 Å². The lowest BCUT2D eigenvalue weighted by molar-refractivity contribution is 0.445. The molecule has 1 heterocycles. The molecule has 0 saturated carbocycles. The molecule has 1 aliphatic heterocycles. The number of aliphatic imine (C=N–C) groups is 2. The van der Waals surface area contributed by atoms with Crippen molar-refractivity contribution in [2.45, 2.75) is 19.5 Å². The summed E-state index contributed by atoms with van der Waals surface area (Å²) in [4.78, 5) is 10.7. The van der Waals surface area contributed by atoms with Crippen LogP contribution in [0.15, 0.2) is 22.6 Å². The van der Waals surface area contributed by atoms with Crippen molar-refractivity contribution in [1.29, 1.82) is 0 Å². The summed E-state index contributed by atoms with van der Waals surface area (Å²) in [5.74, 6) is 1.54. The zero-order valence-electron chi connectivity index (χ0n) is 9.83. The molecule has 0 unspecified atom stereocenters. The second-order valence-electron chi connectivity index (χ2n) is 4.12. The monoisotopic (exact) mass is 209 g/mol. The maximum Gasteiger partial charge on any atom is 0.202 e. The van der Waals surface area contributed by atoms with E-state index in [1.807, 2.05) is 32.8 Å². The van der Waals surface area contributed by atoms with Gasteiger partial charge in [0.1, 0.15) is 5.66 Å². The summed E-state index contributed by atoms with van der Waals surface area (Å²) in [6, 6.07) is 0. The predicted molar refractivity (Wildman–Crippen MR) is 64.0 cm³/mol. The van der Waals surface area contributed by atoms with Crippen LogP contribution < -0.4 is 10.6 Å². The molecular weight excluding hydrogens is 190 g/mol. The first kappa shape index (κ1) is 11.6. The Labute approximate surface area is 91.0 Å². The van der Waals surface area contributed by atoms with Gasteiger partial charge in [-0.2, -0.15) is 0 Å². The quantitative estimate of drug-likeness (QED) is 0.646. The van der Waals surface area contributed by atoms with Gasteiger partial charge in [0.25, 0.3) is 0 Å². The van der Waals surface area contributed by atoms with Crippen LogP contribution in [0.2, 0.25) is 0 Å². The molecule has 0 aromatic rings. The molecule has 0 spiro atoms. The normalized spacial score (nSPS) is 21.3. The average molecular weight is 209 g/mol. The smallest absolute Gasteiger partial charge is 0.202 e. The highest BCUT2D eigenvalue weighted by Gasteiger charge is 2.25. The molecule has 0 aromatic heterocycles. The highest BCUT2D eigenvalue weighted by atomic mass is 15.4. The number of hydrogen-bond acceptors (Lipinski definition) is 3. The van der Waals surface area contributed by atoms with Gasteiger partial charge in [0, 0.05) is 14.1 Å². The first-order valence-electron chi connectivity index (χ1n) is 4.92. The molecule has 0 aromatic carbocycles. The zero-order valence-corrected chi connectivity index (χ0v) is 9.83. The van der Waals surface area contributed by atoms with E-state index in [-0.39, 0.29) is 5.66 Å². The predicted octanol–water partition coefficient (Wildman–Crippen LogP) is 0.375. The molecule has 1 aliphatic rings. The molecule has 0 atom stereocenters. The number of nitrogens with zero attached hydrogens (tertiary/aromatic N) is 3. The van der Waals surface area contributed by atoms with Crippen molar-refractivity contribution in [3.63, 3.8) is 0 Å². The first-order valence-corrected chi connectivity index (χ1v) is 4.92. The van der Waals surface area contributed by atoms with E-state index in [0.29, 0.717) is 6.54 Å². The van der Waals surface area contributed by atoms with E-state index in [2.05, 4.69) is 27.2 Å². The van der Waals surface area contributed by atoms with Gasteiger partial charge < -0.3 is 10.2 Å². The van der Waals surface area contributed by atoms with Gasteiger partial charge in [0.05, 0.1) is 6.54 Å². The van der Waals surface area contributed by atoms with Crippen LogP contribution >= 0.6 is 0 Å². The van der Waals surface area contributed by atoms with Crippen LogP contribution in [-0.2, 0) is 0 Å². The summed E-state index contributed by atoms with van der Waals surface area (Å²) in [5, 5.41) is 6.30. The van der Waals surface area contributed by atoms with Crippen LogP contribution in [0.1, 0.15) is 13.8 Å². The standard InChI is InChI=1S/C10H19N5/c1-6-7-11-8-12-9(15(4)5)14-10(2,3)13-8/h6H,1,7H2,2-5H3,(H2,11,12,13,14). The minimum Gasteiger partial charge on any atom is -0.349 e. The SMILES string of the molecule is C=CCN=C1NC(N(C)C)=NC(C)(C)N1. The summed E-state index contributed by atoms with van der Waals surface area (Å²) < 4.78 is 0. The topological polar surface area (TPSA) is 52.0 Å². The van der Waals surface area contributed by atoms with E-state index >= 15 is 0 Å². The van der Waals surface area contributed by atoms with Gasteiger partial charge in [-0.25, -0.2) is 9.98 Å². The summed E-state index contributed by atoms with van der Waals surface area (Å²) >= 11 is 0. The molecule has 1 rings (SSSR count). The summed E-state index contributed by atoms with van der Waals surface area (Å²) in [5.41, 5.74) is -0.329. The fourth-order valence-corrected chi connectivity index (χ4v) is 1.19. The highest BCUT2D eigenvalue weighted by Crippen LogP contribution is 2.08. The van der Waals surface area contributed by atoms with Crippen molar-refractivity contribution in [3.05, 3.63) is 12.7 Å². The van der Waals surface area contributed by atoms with Crippen molar-refractivity contribution in [2.75, 3.05) is 20.6 Å². The third-order valence-corrected chi connectivity index (χ3v) is 1.84. The molecule has 0 amide bonds. The fraction of sp³-hybridized carbons (Fsp3) is 0.600. The lowest BCUT2D eigenvalue weighted by Gasteiger charge is -2.33. The summed E-state index contributed by atoms with van der Waals surface area (Å²) in [6.07, 6.45) is 1.75. The van der Waals surface area contributed by atoms with Crippen molar-refractivity contribution in [1.82, 2.24) is 15.5 Å². The fourth-order valence-electron chi connectivity index (χ4n) is 1.19. The van der Waals surface area contributed by atoms with Gasteiger partial charge >= 0.3 is 0 Å². The summed E-state index contributed by atoms with van der Waals surface area (Å²) in [6.45, 7) is 8.22. The Bertz CT molecular complexity index is 301. The number of nitrogens with one attached hydrogen (secondary N) is 2. The molecule has 15 heavy (non-hydrogen) atoms. The molecule has 5 heteroatoms. The Morgan fingerprint density at radius 2 is 2.20 bits per heavy atom. The minimum absolute atomic E-state index is 0.329. The van der Waals surface area contributed by atoms with Crippen molar-refractivity contribution >= 4 is 11.9 Å². The molecular formula is C10H19N5. The van der Waals surface area contributed by atoms with E-state index in [1.54, 1.807) is 6.08 Å². The Kier molecular flexibility index (Phi) is 3.34. The van der Waals surface area contributed by atoms with Gasteiger partial charge in [0.15, 0.2) is 5.96 Å². The van der Waals surface area contributed by atoms with Crippen LogP contribution in [0, 0.1) is 0 Å². The number of rotatable bonds is 2. The Hall–Kier alpha value is -1.52. The molecule has 5 nitrogen and oxygen atoms in total. The molecule has 0 aliphatic carbocycles. The van der Waals surface area contributed by atoms with E-state index in [4.69, 9.17) is 0 Å². The van der Waals surface area contributed by atoms with E-state index < -0.39 is 0 Å². The van der Waals surface area contributed by atoms with Gasteiger partial charge in [-0.15, -0.1) is 6.58 Å². The van der Waals surface area contributed by atoms with Gasteiger partial charge in [-0.05, 0) is 13.8 Å². The maximum absolute atomic E-state index is 4.49. The lowest BCUT2D eigenvalue weighted by atomic mass is 10.2. The molecule has 0 bridgehead atoms. The van der Waals surface area contributed by atoms with Crippen molar-refractivity contribution < 1.29 is 0 Å². The summed E-state index contributed by atoms with van der Waals surface area (Å²) in [7, 11) is 3.89. The molecule has 2 N–H and O–H groups in total. The van der Waals surface area contributed by atoms with E-state index in [0.717, 1.165) is 11.9 Å². The number of guanidine groups is 2. The highest BCUT2D eigenvalue weighted by molar-refractivity contribution is 6.00. The van der Waals surface area contributed by atoms with Gasteiger partial charge in [-0.3, -0.25) is 5.32 Å². The van der Waals surface area contributed by atoms with E-state index in [9.17, 15) is 0 Å². The maximum atomic E-state index is 4.49. The van der Waals surface area contributed by atoms with Crippen LogP contribution in [0.5, 0.6) is 0 Å². The third kappa shape index (κ3) is 3.27. The lowest BCUT2D eigenvalue weighted by Crippen LogP contribution is -2.58.